The molecule has 154 valence electrons. The number of amides is 2. The third kappa shape index (κ3) is 4.52. The van der Waals surface area contributed by atoms with Crippen LogP contribution in [0.2, 0.25) is 0 Å². The molecule has 1 fully saturated rings. The van der Waals surface area contributed by atoms with Crippen molar-refractivity contribution in [2.45, 2.75) is 32.8 Å². The standard InChI is InChI=1S/C23H23N3O3S/c1-15(2)29-19-11-7-16(8-12-19)20-14-30-23(24-20)25-22(28)17-5-9-18(10-6-17)26-13-3-4-21(26)27/h5-12,14-15H,3-4,13H2,1-2H3,(H,24,25,28). The largest absolute Gasteiger partial charge is 0.491 e. The molecule has 0 unspecified atom stereocenters. The van der Waals surface area contributed by atoms with Crippen molar-refractivity contribution in [3.63, 3.8) is 0 Å². The van der Waals surface area contributed by atoms with Crippen LogP contribution in [0.1, 0.15) is 37.0 Å². The summed E-state index contributed by atoms with van der Waals surface area (Å²) in [4.78, 5) is 30.7. The van der Waals surface area contributed by atoms with Gasteiger partial charge in [0, 0.05) is 35.2 Å². The van der Waals surface area contributed by atoms with Gasteiger partial charge in [-0.3, -0.25) is 14.9 Å². The number of hydrogen-bond donors (Lipinski definition) is 1. The molecule has 1 N–H and O–H groups in total. The molecule has 7 heteroatoms. The number of carbonyl (C=O) groups excluding carboxylic acids is 2. The van der Waals surface area contributed by atoms with Crippen LogP contribution in [0.3, 0.4) is 0 Å². The lowest BCUT2D eigenvalue weighted by molar-refractivity contribution is -0.117. The van der Waals surface area contributed by atoms with Crippen molar-refractivity contribution in [1.29, 1.82) is 0 Å². The molecule has 0 aliphatic carbocycles. The molecule has 0 atom stereocenters. The highest BCUT2D eigenvalue weighted by Crippen LogP contribution is 2.27. The van der Waals surface area contributed by atoms with E-state index in [0.717, 1.165) is 35.7 Å². The molecular formula is C23H23N3O3S. The Labute approximate surface area is 179 Å². The van der Waals surface area contributed by atoms with Gasteiger partial charge in [0.2, 0.25) is 5.91 Å². The van der Waals surface area contributed by atoms with Gasteiger partial charge in [0.15, 0.2) is 5.13 Å². The Morgan fingerprint density at radius 1 is 1.13 bits per heavy atom. The number of rotatable bonds is 6. The highest BCUT2D eigenvalue weighted by molar-refractivity contribution is 7.14. The minimum absolute atomic E-state index is 0.127. The van der Waals surface area contributed by atoms with Gasteiger partial charge >= 0.3 is 0 Å². The second-order valence-electron chi connectivity index (χ2n) is 7.38. The Balaban J connectivity index is 1.40. The van der Waals surface area contributed by atoms with Gasteiger partial charge in [-0.15, -0.1) is 11.3 Å². The Kier molecular flexibility index (Phi) is 5.81. The maximum absolute atomic E-state index is 12.6. The van der Waals surface area contributed by atoms with E-state index in [0.29, 0.717) is 17.1 Å². The summed E-state index contributed by atoms with van der Waals surface area (Å²) < 4.78 is 5.66. The minimum Gasteiger partial charge on any atom is -0.491 e. The van der Waals surface area contributed by atoms with Crippen molar-refractivity contribution in [3.8, 4) is 17.0 Å². The fraction of sp³-hybridized carbons (Fsp3) is 0.261. The molecule has 2 amide bonds. The number of nitrogens with one attached hydrogen (secondary N) is 1. The van der Waals surface area contributed by atoms with E-state index in [1.54, 1.807) is 17.0 Å². The van der Waals surface area contributed by atoms with Gasteiger partial charge in [0.05, 0.1) is 11.8 Å². The number of hydrogen-bond acceptors (Lipinski definition) is 5. The summed E-state index contributed by atoms with van der Waals surface area (Å²) in [6, 6.07) is 14.8. The topological polar surface area (TPSA) is 71.5 Å². The molecule has 3 aromatic rings. The van der Waals surface area contributed by atoms with Crippen molar-refractivity contribution in [3.05, 3.63) is 59.5 Å². The number of benzene rings is 2. The first kappa shape index (κ1) is 20.1. The van der Waals surface area contributed by atoms with E-state index in [1.165, 1.54) is 11.3 Å². The Morgan fingerprint density at radius 3 is 2.50 bits per heavy atom. The van der Waals surface area contributed by atoms with Gasteiger partial charge in [0.25, 0.3) is 5.91 Å². The van der Waals surface area contributed by atoms with Gasteiger partial charge in [-0.25, -0.2) is 4.98 Å². The first-order valence-corrected chi connectivity index (χ1v) is 10.8. The molecule has 0 bridgehead atoms. The normalized spacial score (nSPS) is 13.7. The summed E-state index contributed by atoms with van der Waals surface area (Å²) in [7, 11) is 0. The summed E-state index contributed by atoms with van der Waals surface area (Å²) >= 11 is 1.38. The summed E-state index contributed by atoms with van der Waals surface area (Å²) in [6.07, 6.45) is 1.59. The maximum atomic E-state index is 12.6. The highest BCUT2D eigenvalue weighted by atomic mass is 32.1. The zero-order chi connectivity index (χ0) is 21.1. The monoisotopic (exact) mass is 421 g/mol. The molecule has 1 aliphatic heterocycles. The van der Waals surface area contributed by atoms with E-state index in [-0.39, 0.29) is 17.9 Å². The third-order valence-electron chi connectivity index (χ3n) is 4.76. The fourth-order valence-electron chi connectivity index (χ4n) is 3.32. The quantitative estimate of drug-likeness (QED) is 0.610. The van der Waals surface area contributed by atoms with Gasteiger partial charge in [-0.05, 0) is 68.8 Å². The lowest BCUT2D eigenvalue weighted by Gasteiger charge is -2.15. The van der Waals surface area contributed by atoms with Gasteiger partial charge in [-0.1, -0.05) is 0 Å². The van der Waals surface area contributed by atoms with E-state index >= 15 is 0 Å². The molecule has 2 heterocycles. The SMILES string of the molecule is CC(C)Oc1ccc(-c2csc(NC(=O)c3ccc(N4CCCC4=O)cc3)n2)cc1. The van der Waals surface area contributed by atoms with E-state index < -0.39 is 0 Å². The van der Waals surface area contributed by atoms with Crippen LogP contribution in [-0.2, 0) is 4.79 Å². The zero-order valence-corrected chi connectivity index (χ0v) is 17.7. The number of anilines is 2. The molecule has 0 saturated carbocycles. The first-order valence-electron chi connectivity index (χ1n) is 9.94. The van der Waals surface area contributed by atoms with Crippen LogP contribution in [-0.4, -0.2) is 29.4 Å². The van der Waals surface area contributed by atoms with Crippen LogP contribution in [0.25, 0.3) is 11.3 Å². The van der Waals surface area contributed by atoms with Crippen LogP contribution < -0.4 is 15.0 Å². The number of nitrogens with zero attached hydrogens (tertiary/aromatic N) is 2. The Bertz CT molecular complexity index is 1040. The predicted octanol–water partition coefficient (Wildman–Crippen LogP) is 4.98. The lowest BCUT2D eigenvalue weighted by Crippen LogP contribution is -2.23. The number of aromatic nitrogens is 1. The lowest BCUT2D eigenvalue weighted by atomic mass is 10.2. The van der Waals surface area contributed by atoms with Crippen LogP contribution >= 0.6 is 11.3 Å². The van der Waals surface area contributed by atoms with E-state index in [2.05, 4.69) is 10.3 Å². The number of ether oxygens (including phenoxy) is 1. The molecule has 0 spiro atoms. The maximum Gasteiger partial charge on any atom is 0.257 e. The van der Waals surface area contributed by atoms with Crippen molar-refractivity contribution >= 4 is 34.0 Å². The Morgan fingerprint density at radius 2 is 1.87 bits per heavy atom. The molecule has 4 rings (SSSR count). The van der Waals surface area contributed by atoms with Gasteiger partial charge < -0.3 is 9.64 Å². The fourth-order valence-corrected chi connectivity index (χ4v) is 4.04. The number of thiazole rings is 1. The van der Waals surface area contributed by atoms with Crippen LogP contribution in [0.5, 0.6) is 5.75 Å². The van der Waals surface area contributed by atoms with Crippen LogP contribution in [0, 0.1) is 0 Å². The first-order chi connectivity index (χ1) is 14.5. The van der Waals surface area contributed by atoms with Crippen molar-refractivity contribution in [2.75, 3.05) is 16.8 Å². The minimum atomic E-state index is -0.226. The summed E-state index contributed by atoms with van der Waals surface area (Å²) in [5, 5.41) is 5.30. The predicted molar refractivity (Wildman–Crippen MR) is 119 cm³/mol. The van der Waals surface area contributed by atoms with E-state index in [1.807, 2.05) is 55.6 Å². The molecule has 1 aromatic heterocycles. The molecule has 6 nitrogen and oxygen atoms in total. The molecule has 1 saturated heterocycles. The highest BCUT2D eigenvalue weighted by Gasteiger charge is 2.21. The summed E-state index contributed by atoms with van der Waals surface area (Å²) in [5.74, 6) is 0.721. The molecule has 1 aliphatic rings. The average Bonchev–Trinajstić information content (AvgIpc) is 3.37. The summed E-state index contributed by atoms with van der Waals surface area (Å²) in [5.41, 5.74) is 3.12. The second-order valence-corrected chi connectivity index (χ2v) is 8.24. The van der Waals surface area contributed by atoms with Crippen molar-refractivity contribution in [1.82, 2.24) is 4.98 Å². The zero-order valence-electron chi connectivity index (χ0n) is 16.9. The Hall–Kier alpha value is -3.19. The third-order valence-corrected chi connectivity index (χ3v) is 5.52. The molecule has 2 aromatic carbocycles. The van der Waals surface area contributed by atoms with E-state index in [4.69, 9.17) is 4.74 Å². The molecule has 0 radical (unpaired) electrons. The van der Waals surface area contributed by atoms with Crippen LogP contribution in [0.4, 0.5) is 10.8 Å². The van der Waals surface area contributed by atoms with Crippen molar-refractivity contribution < 1.29 is 14.3 Å². The average molecular weight is 422 g/mol. The van der Waals surface area contributed by atoms with E-state index in [9.17, 15) is 9.59 Å². The van der Waals surface area contributed by atoms with Gasteiger partial charge in [-0.2, -0.15) is 0 Å². The molecular weight excluding hydrogens is 398 g/mol. The summed E-state index contributed by atoms with van der Waals surface area (Å²) in [6.45, 7) is 4.71. The van der Waals surface area contributed by atoms with Crippen LogP contribution in [0.15, 0.2) is 53.9 Å². The van der Waals surface area contributed by atoms with Gasteiger partial charge in [0.1, 0.15) is 5.75 Å². The smallest absolute Gasteiger partial charge is 0.257 e. The second kappa shape index (κ2) is 8.67. The van der Waals surface area contributed by atoms with Crippen molar-refractivity contribution in [2.24, 2.45) is 0 Å². The number of carbonyl (C=O) groups is 2. The molecule has 30 heavy (non-hydrogen) atoms.